The lowest BCUT2D eigenvalue weighted by molar-refractivity contribution is 0.0911. The van der Waals surface area contributed by atoms with E-state index in [9.17, 15) is 9.90 Å². The van der Waals surface area contributed by atoms with Crippen LogP contribution in [0.15, 0.2) is 54.1 Å². The molecule has 0 spiro atoms. The van der Waals surface area contributed by atoms with Crippen LogP contribution in [0.5, 0.6) is 17.4 Å². The van der Waals surface area contributed by atoms with Gasteiger partial charge in [0.05, 0.1) is 7.11 Å². The van der Waals surface area contributed by atoms with Gasteiger partial charge in [0.2, 0.25) is 5.88 Å². The van der Waals surface area contributed by atoms with Crippen LogP contribution in [-0.2, 0) is 17.8 Å². The minimum absolute atomic E-state index is 0.0139. The minimum Gasteiger partial charge on any atom is -0.504 e. The average Bonchev–Trinajstić information content (AvgIpc) is 2.75. The fourth-order valence-corrected chi connectivity index (χ4v) is 3.62. The molecule has 0 radical (unpaired) electrons. The summed E-state index contributed by atoms with van der Waals surface area (Å²) in [6, 6.07) is 8.23. The molecule has 1 unspecified atom stereocenters. The Morgan fingerprint density at radius 1 is 1.32 bits per heavy atom. The Kier molecular flexibility index (Phi) is 7.31. The standard InChI is InChI=1S/C24H28N2O5/c1-4-18-17(6-5-7-19(18)25)13-20-15(2)8-11-23(26-20)31-24(28)30-14-16-9-10-21(27)22(12-16)29-3/h4-6,8-12,17,19,27H,7,13-14,25H2,1-3H3/b18-4+/t17-,19?/m1/s1. The Morgan fingerprint density at radius 3 is 2.87 bits per heavy atom. The quantitative estimate of drug-likeness (QED) is 0.529. The molecule has 1 aliphatic rings. The number of nitrogens with two attached hydrogens (primary N) is 1. The Balaban J connectivity index is 1.64. The van der Waals surface area contributed by atoms with Crippen LogP contribution < -0.4 is 15.2 Å². The number of allylic oxidation sites excluding steroid dienone is 2. The summed E-state index contributed by atoms with van der Waals surface area (Å²) in [4.78, 5) is 16.6. The molecule has 0 amide bonds. The Hall–Kier alpha value is -3.32. The van der Waals surface area contributed by atoms with Crippen molar-refractivity contribution in [3.05, 3.63) is 71.0 Å². The Labute approximate surface area is 182 Å². The molecule has 0 saturated heterocycles. The second-order valence-corrected chi connectivity index (χ2v) is 7.43. The highest BCUT2D eigenvalue weighted by atomic mass is 16.7. The molecular formula is C24H28N2O5. The van der Waals surface area contributed by atoms with Gasteiger partial charge in [0, 0.05) is 30.1 Å². The molecule has 2 atom stereocenters. The first kappa shape index (κ1) is 22.4. The van der Waals surface area contributed by atoms with Crippen LogP contribution in [0.1, 0.15) is 30.2 Å². The minimum atomic E-state index is -0.858. The summed E-state index contributed by atoms with van der Waals surface area (Å²) < 4.78 is 15.5. The van der Waals surface area contributed by atoms with Gasteiger partial charge < -0.3 is 25.1 Å². The van der Waals surface area contributed by atoms with Crippen molar-refractivity contribution in [3.8, 4) is 17.4 Å². The Bertz CT molecular complexity index is 999. The van der Waals surface area contributed by atoms with Crippen LogP contribution in [0.3, 0.4) is 0 Å². The number of phenols is 1. The zero-order chi connectivity index (χ0) is 22.4. The number of hydrogen-bond donors (Lipinski definition) is 2. The van der Waals surface area contributed by atoms with E-state index in [2.05, 4.69) is 23.2 Å². The zero-order valence-corrected chi connectivity index (χ0v) is 18.0. The summed E-state index contributed by atoms with van der Waals surface area (Å²) in [5.74, 6) is 0.669. The third kappa shape index (κ3) is 5.64. The van der Waals surface area contributed by atoms with Crippen molar-refractivity contribution >= 4 is 6.16 Å². The smallest absolute Gasteiger partial charge is 0.504 e. The highest BCUT2D eigenvalue weighted by Gasteiger charge is 2.22. The number of pyridine rings is 1. The van der Waals surface area contributed by atoms with Crippen LogP contribution >= 0.6 is 0 Å². The first-order valence-electron chi connectivity index (χ1n) is 10.2. The fourth-order valence-electron chi connectivity index (χ4n) is 3.62. The summed E-state index contributed by atoms with van der Waals surface area (Å²) >= 11 is 0. The second-order valence-electron chi connectivity index (χ2n) is 7.43. The van der Waals surface area contributed by atoms with Gasteiger partial charge in [-0.2, -0.15) is 0 Å². The molecule has 0 aliphatic heterocycles. The molecule has 7 heteroatoms. The maximum Gasteiger partial charge on any atom is 0.515 e. The molecule has 0 saturated carbocycles. The lowest BCUT2D eigenvalue weighted by Gasteiger charge is -2.26. The van der Waals surface area contributed by atoms with Gasteiger partial charge in [0.15, 0.2) is 11.5 Å². The molecule has 1 aliphatic carbocycles. The lowest BCUT2D eigenvalue weighted by Crippen LogP contribution is -2.29. The maximum absolute atomic E-state index is 12.1. The summed E-state index contributed by atoms with van der Waals surface area (Å²) in [7, 11) is 1.45. The molecule has 0 bridgehead atoms. The average molecular weight is 424 g/mol. The van der Waals surface area contributed by atoms with Crippen LogP contribution in [0, 0.1) is 12.8 Å². The number of aromatic nitrogens is 1. The molecule has 3 N–H and O–H groups in total. The number of hydrogen-bond acceptors (Lipinski definition) is 7. The van der Waals surface area contributed by atoms with Crippen molar-refractivity contribution in [2.75, 3.05) is 7.11 Å². The van der Waals surface area contributed by atoms with Crippen LogP contribution in [0.25, 0.3) is 0 Å². The number of aromatic hydroxyl groups is 1. The third-order valence-corrected chi connectivity index (χ3v) is 5.33. The molecule has 1 aromatic heterocycles. The fraction of sp³-hybridized carbons (Fsp3) is 0.333. The number of nitrogens with zero attached hydrogens (tertiary/aromatic N) is 1. The molecule has 1 heterocycles. The van der Waals surface area contributed by atoms with Crippen molar-refractivity contribution < 1.29 is 24.1 Å². The van der Waals surface area contributed by atoms with Crippen LogP contribution in [-0.4, -0.2) is 29.4 Å². The van der Waals surface area contributed by atoms with Crippen molar-refractivity contribution in [2.45, 2.75) is 39.3 Å². The molecule has 164 valence electrons. The van der Waals surface area contributed by atoms with Gasteiger partial charge in [-0.1, -0.05) is 35.9 Å². The number of methoxy groups -OCH3 is 1. The predicted octanol–water partition coefficient (Wildman–Crippen LogP) is 4.21. The van der Waals surface area contributed by atoms with E-state index >= 15 is 0 Å². The topological polar surface area (TPSA) is 104 Å². The number of aryl methyl sites for hydroxylation is 1. The van der Waals surface area contributed by atoms with E-state index in [0.29, 0.717) is 17.7 Å². The first-order chi connectivity index (χ1) is 14.9. The summed E-state index contributed by atoms with van der Waals surface area (Å²) in [5.41, 5.74) is 9.93. The van der Waals surface area contributed by atoms with E-state index in [1.165, 1.54) is 18.7 Å². The van der Waals surface area contributed by atoms with Gasteiger partial charge in [-0.05, 0) is 43.5 Å². The molecule has 31 heavy (non-hydrogen) atoms. The van der Waals surface area contributed by atoms with Crippen LogP contribution in [0.2, 0.25) is 0 Å². The number of rotatable bonds is 6. The third-order valence-electron chi connectivity index (χ3n) is 5.33. The number of phenolic OH excluding ortho intramolecular Hbond substituents is 1. The summed E-state index contributed by atoms with van der Waals surface area (Å²) in [5, 5.41) is 9.64. The number of carbonyl (C=O) groups is 1. The Morgan fingerprint density at radius 2 is 2.13 bits per heavy atom. The summed E-state index contributed by atoms with van der Waals surface area (Å²) in [6.07, 6.45) is 6.99. The van der Waals surface area contributed by atoms with Gasteiger partial charge in [0.1, 0.15) is 6.61 Å². The van der Waals surface area contributed by atoms with Gasteiger partial charge in [0.25, 0.3) is 0 Å². The van der Waals surface area contributed by atoms with Gasteiger partial charge in [-0.3, -0.25) is 0 Å². The highest BCUT2D eigenvalue weighted by molar-refractivity contribution is 5.63. The maximum atomic E-state index is 12.1. The second kappa shape index (κ2) is 10.1. The van der Waals surface area contributed by atoms with Crippen molar-refractivity contribution in [1.29, 1.82) is 0 Å². The number of carbonyl (C=O) groups excluding carboxylic acids is 1. The number of ether oxygens (including phenoxy) is 3. The number of benzene rings is 1. The van der Waals surface area contributed by atoms with E-state index in [0.717, 1.165) is 17.7 Å². The predicted molar refractivity (Wildman–Crippen MR) is 117 cm³/mol. The normalized spacial score (nSPS) is 19.3. The van der Waals surface area contributed by atoms with Gasteiger partial charge in [-0.15, -0.1) is 0 Å². The molecule has 7 nitrogen and oxygen atoms in total. The molecular weight excluding hydrogens is 396 g/mol. The first-order valence-corrected chi connectivity index (χ1v) is 10.2. The van der Waals surface area contributed by atoms with E-state index < -0.39 is 6.16 Å². The summed E-state index contributed by atoms with van der Waals surface area (Å²) in [6.45, 7) is 3.95. The molecule has 3 rings (SSSR count). The van der Waals surface area contributed by atoms with Crippen molar-refractivity contribution in [3.63, 3.8) is 0 Å². The van der Waals surface area contributed by atoms with E-state index in [4.69, 9.17) is 19.9 Å². The SMILES string of the molecule is C/C=C1/C(N)CC=C[C@@H]1Cc1nc(OC(=O)OCc2ccc(O)c(OC)c2)ccc1C. The lowest BCUT2D eigenvalue weighted by atomic mass is 9.83. The molecule has 1 aromatic carbocycles. The van der Waals surface area contributed by atoms with Gasteiger partial charge in [-0.25, -0.2) is 9.78 Å². The van der Waals surface area contributed by atoms with E-state index in [1.54, 1.807) is 18.2 Å². The van der Waals surface area contributed by atoms with Gasteiger partial charge >= 0.3 is 6.16 Å². The van der Waals surface area contributed by atoms with Crippen LogP contribution in [0.4, 0.5) is 4.79 Å². The largest absolute Gasteiger partial charge is 0.515 e. The monoisotopic (exact) mass is 424 g/mol. The van der Waals surface area contributed by atoms with E-state index in [-0.39, 0.29) is 30.2 Å². The van der Waals surface area contributed by atoms with Crippen molar-refractivity contribution in [1.82, 2.24) is 4.98 Å². The van der Waals surface area contributed by atoms with Crippen molar-refractivity contribution in [2.24, 2.45) is 11.7 Å². The highest BCUT2D eigenvalue weighted by Crippen LogP contribution is 2.28. The molecule has 2 aromatic rings. The molecule has 0 fully saturated rings. The zero-order valence-electron chi connectivity index (χ0n) is 18.0. The van der Waals surface area contributed by atoms with E-state index in [1.807, 2.05) is 19.9 Å².